The van der Waals surface area contributed by atoms with E-state index in [1.807, 2.05) is 20.8 Å². The van der Waals surface area contributed by atoms with Crippen LogP contribution in [0.3, 0.4) is 0 Å². The van der Waals surface area contributed by atoms with Gasteiger partial charge in [-0.15, -0.1) is 0 Å². The lowest BCUT2D eigenvalue weighted by Gasteiger charge is -2.32. The van der Waals surface area contributed by atoms with Crippen LogP contribution in [0.2, 0.25) is 0 Å². The Morgan fingerprint density at radius 3 is 2.29 bits per heavy atom. The molecule has 1 aliphatic carbocycles. The number of rotatable bonds is 3. The van der Waals surface area contributed by atoms with Crippen molar-refractivity contribution in [1.29, 1.82) is 0 Å². The van der Waals surface area contributed by atoms with Crippen LogP contribution in [-0.2, 0) is 11.2 Å². The van der Waals surface area contributed by atoms with Crippen LogP contribution in [0, 0.1) is 6.92 Å². The molecular weight excluding hydrogens is 262 g/mol. The summed E-state index contributed by atoms with van der Waals surface area (Å²) in [6.45, 7) is 7.78. The van der Waals surface area contributed by atoms with Gasteiger partial charge in [0, 0.05) is 5.54 Å². The molecule has 21 heavy (non-hydrogen) atoms. The molecule has 0 unspecified atom stereocenters. The van der Waals surface area contributed by atoms with Crippen LogP contribution in [0.25, 0.3) is 0 Å². The monoisotopic (exact) mass is 289 g/mol. The number of carbonyl (C=O) groups excluding carboxylic acids is 1. The van der Waals surface area contributed by atoms with Gasteiger partial charge in [-0.05, 0) is 52.5 Å². The number of hydrogen-bond acceptors (Lipinski definition) is 2. The Balaban J connectivity index is 2.06. The van der Waals surface area contributed by atoms with Gasteiger partial charge in [0.1, 0.15) is 5.60 Å². The van der Waals surface area contributed by atoms with Crippen LogP contribution in [0.5, 0.6) is 0 Å². The summed E-state index contributed by atoms with van der Waals surface area (Å²) in [4.78, 5) is 12.1. The highest BCUT2D eigenvalue weighted by Gasteiger charge is 2.36. The van der Waals surface area contributed by atoms with Crippen LogP contribution in [0.15, 0.2) is 24.3 Å². The van der Waals surface area contributed by atoms with Crippen LogP contribution in [-0.4, -0.2) is 17.2 Å². The quantitative estimate of drug-likeness (QED) is 0.897. The second kappa shape index (κ2) is 6.08. The lowest BCUT2D eigenvalue weighted by molar-refractivity contribution is 0.0456. The molecule has 116 valence electrons. The maximum Gasteiger partial charge on any atom is 0.408 e. The molecule has 3 heteroatoms. The Bertz CT molecular complexity index is 479. The summed E-state index contributed by atoms with van der Waals surface area (Å²) >= 11 is 0. The molecule has 1 aromatic carbocycles. The number of carbonyl (C=O) groups is 1. The second-order valence-electron chi connectivity index (χ2n) is 7.28. The Labute approximate surface area is 128 Å². The molecule has 0 heterocycles. The van der Waals surface area contributed by atoms with Crippen molar-refractivity contribution in [3.63, 3.8) is 0 Å². The normalized spacial score (nSPS) is 17.5. The molecular formula is C18H27NO2. The highest BCUT2D eigenvalue weighted by molar-refractivity contribution is 5.69. The van der Waals surface area contributed by atoms with Gasteiger partial charge < -0.3 is 10.1 Å². The van der Waals surface area contributed by atoms with Crippen LogP contribution >= 0.6 is 0 Å². The molecule has 1 saturated carbocycles. The van der Waals surface area contributed by atoms with Crippen LogP contribution < -0.4 is 5.32 Å². The van der Waals surface area contributed by atoms with Gasteiger partial charge in [0.15, 0.2) is 0 Å². The summed E-state index contributed by atoms with van der Waals surface area (Å²) in [6, 6.07) is 8.58. The van der Waals surface area contributed by atoms with Gasteiger partial charge in [0.2, 0.25) is 0 Å². The van der Waals surface area contributed by atoms with E-state index < -0.39 is 5.60 Å². The molecule has 0 aliphatic heterocycles. The second-order valence-corrected chi connectivity index (χ2v) is 7.28. The van der Waals surface area contributed by atoms with Gasteiger partial charge in [0.05, 0.1) is 0 Å². The number of aryl methyl sites for hydroxylation is 1. The fourth-order valence-corrected chi connectivity index (χ4v) is 3.01. The Hall–Kier alpha value is -1.51. The number of alkyl carbamates (subject to hydrolysis) is 1. The number of benzene rings is 1. The first-order valence-electron chi connectivity index (χ1n) is 7.85. The molecule has 1 aromatic rings. The lowest BCUT2D eigenvalue weighted by Crippen LogP contribution is -2.49. The van der Waals surface area contributed by atoms with E-state index in [2.05, 4.69) is 36.5 Å². The molecule has 0 saturated heterocycles. The molecule has 1 aliphatic rings. The first kappa shape index (κ1) is 15.9. The molecule has 3 nitrogen and oxygen atoms in total. The van der Waals surface area contributed by atoms with Crippen molar-refractivity contribution < 1.29 is 9.53 Å². The SMILES string of the molecule is Cc1ccc(CC2(NC(=O)OC(C)(C)C)CCCC2)cc1. The highest BCUT2D eigenvalue weighted by atomic mass is 16.6. The highest BCUT2D eigenvalue weighted by Crippen LogP contribution is 2.33. The molecule has 0 radical (unpaired) electrons. The molecule has 1 N–H and O–H groups in total. The predicted molar refractivity (Wildman–Crippen MR) is 85.5 cm³/mol. The van der Waals surface area contributed by atoms with Crippen molar-refractivity contribution >= 4 is 6.09 Å². The predicted octanol–water partition coefficient (Wildman–Crippen LogP) is 4.38. The minimum Gasteiger partial charge on any atom is -0.444 e. The first-order chi connectivity index (χ1) is 9.78. The van der Waals surface area contributed by atoms with Crippen LogP contribution in [0.4, 0.5) is 4.79 Å². The third-order valence-electron chi connectivity index (χ3n) is 3.99. The Kier molecular flexibility index (Phi) is 4.60. The summed E-state index contributed by atoms with van der Waals surface area (Å²) in [5, 5.41) is 3.15. The molecule has 1 fully saturated rings. The standard InChI is InChI=1S/C18H27NO2/c1-14-7-9-15(10-8-14)13-18(11-5-6-12-18)19-16(20)21-17(2,3)4/h7-10H,5-6,11-13H2,1-4H3,(H,19,20). The molecule has 0 aromatic heterocycles. The van der Waals surface area contributed by atoms with E-state index in [1.165, 1.54) is 24.0 Å². The van der Waals surface area contributed by atoms with Crippen molar-refractivity contribution in [2.45, 2.75) is 70.9 Å². The zero-order chi connectivity index (χ0) is 15.5. The van der Waals surface area contributed by atoms with Crippen molar-refractivity contribution in [3.8, 4) is 0 Å². The first-order valence-corrected chi connectivity index (χ1v) is 7.85. The maximum absolute atomic E-state index is 12.1. The Morgan fingerprint density at radius 2 is 1.76 bits per heavy atom. The van der Waals surface area contributed by atoms with E-state index in [0.29, 0.717) is 0 Å². The summed E-state index contributed by atoms with van der Waals surface area (Å²) in [5.74, 6) is 0. The zero-order valence-electron chi connectivity index (χ0n) is 13.7. The number of hydrogen-bond donors (Lipinski definition) is 1. The topological polar surface area (TPSA) is 38.3 Å². The lowest BCUT2D eigenvalue weighted by atomic mass is 9.89. The smallest absolute Gasteiger partial charge is 0.408 e. The molecule has 0 spiro atoms. The van der Waals surface area contributed by atoms with E-state index >= 15 is 0 Å². The molecule has 0 atom stereocenters. The summed E-state index contributed by atoms with van der Waals surface area (Å²) in [6.07, 6.45) is 4.98. The van der Waals surface area contributed by atoms with Crippen molar-refractivity contribution in [1.82, 2.24) is 5.32 Å². The minimum atomic E-state index is -0.451. The van der Waals surface area contributed by atoms with Gasteiger partial charge in [-0.3, -0.25) is 0 Å². The van der Waals surface area contributed by atoms with E-state index in [4.69, 9.17) is 4.74 Å². The van der Waals surface area contributed by atoms with E-state index in [1.54, 1.807) is 0 Å². The average molecular weight is 289 g/mol. The van der Waals surface area contributed by atoms with Gasteiger partial charge in [-0.2, -0.15) is 0 Å². The fourth-order valence-electron chi connectivity index (χ4n) is 3.01. The van der Waals surface area contributed by atoms with Crippen molar-refractivity contribution in [2.24, 2.45) is 0 Å². The van der Waals surface area contributed by atoms with Gasteiger partial charge >= 0.3 is 6.09 Å². The van der Waals surface area contributed by atoms with Gasteiger partial charge in [0.25, 0.3) is 0 Å². The molecule has 1 amide bonds. The van der Waals surface area contributed by atoms with Crippen LogP contribution in [0.1, 0.15) is 57.6 Å². The average Bonchev–Trinajstić information content (AvgIpc) is 2.78. The third-order valence-corrected chi connectivity index (χ3v) is 3.99. The van der Waals surface area contributed by atoms with Crippen molar-refractivity contribution in [3.05, 3.63) is 35.4 Å². The fraction of sp³-hybridized carbons (Fsp3) is 0.611. The van der Waals surface area contributed by atoms with Crippen molar-refractivity contribution in [2.75, 3.05) is 0 Å². The van der Waals surface area contributed by atoms with Gasteiger partial charge in [-0.1, -0.05) is 42.7 Å². The number of amides is 1. The van der Waals surface area contributed by atoms with E-state index in [9.17, 15) is 4.79 Å². The molecule has 0 bridgehead atoms. The third kappa shape index (κ3) is 4.76. The largest absolute Gasteiger partial charge is 0.444 e. The van der Waals surface area contributed by atoms with E-state index in [-0.39, 0.29) is 11.6 Å². The summed E-state index contributed by atoms with van der Waals surface area (Å²) in [5.41, 5.74) is 1.95. The maximum atomic E-state index is 12.1. The summed E-state index contributed by atoms with van der Waals surface area (Å²) < 4.78 is 5.43. The summed E-state index contributed by atoms with van der Waals surface area (Å²) in [7, 11) is 0. The number of ether oxygens (including phenoxy) is 1. The van der Waals surface area contributed by atoms with Gasteiger partial charge in [-0.25, -0.2) is 4.79 Å². The van der Waals surface area contributed by atoms with E-state index in [0.717, 1.165) is 19.3 Å². The number of nitrogens with one attached hydrogen (secondary N) is 1. The minimum absolute atomic E-state index is 0.141. The zero-order valence-corrected chi connectivity index (χ0v) is 13.7. The molecule has 2 rings (SSSR count). The Morgan fingerprint density at radius 1 is 1.19 bits per heavy atom.